The van der Waals surface area contributed by atoms with Crippen LogP contribution < -0.4 is 5.32 Å². The van der Waals surface area contributed by atoms with E-state index in [1.54, 1.807) is 0 Å². The molecule has 1 rings (SSSR count). The summed E-state index contributed by atoms with van der Waals surface area (Å²) in [4.78, 5) is 15.3. The van der Waals surface area contributed by atoms with E-state index in [4.69, 9.17) is 10.2 Å². The number of hydrogen-bond donors (Lipinski definition) is 4. The zero-order valence-electron chi connectivity index (χ0n) is 11.3. The average Bonchev–Trinajstić information content (AvgIpc) is 2.36. The van der Waals surface area contributed by atoms with Crippen molar-refractivity contribution in [2.45, 2.75) is 32.3 Å². The van der Waals surface area contributed by atoms with Crippen LogP contribution in [0.5, 0.6) is 0 Å². The zero-order chi connectivity index (χ0) is 14.6. The van der Waals surface area contributed by atoms with Gasteiger partial charge in [-0.15, -0.1) is 0 Å². The predicted octanol–water partition coefficient (Wildman–Crippen LogP) is 1.06. The van der Waals surface area contributed by atoms with Crippen molar-refractivity contribution in [2.75, 3.05) is 18.5 Å². The summed E-state index contributed by atoms with van der Waals surface area (Å²) >= 11 is 0. The molecule has 0 aliphatic heterocycles. The van der Waals surface area contributed by atoms with Gasteiger partial charge in [0.1, 0.15) is 11.4 Å². The number of aromatic nitrogens is 1. The van der Waals surface area contributed by atoms with Crippen LogP contribution in [0.15, 0.2) is 12.1 Å². The van der Waals surface area contributed by atoms with Crippen molar-refractivity contribution < 1.29 is 20.1 Å². The first kappa shape index (κ1) is 15.4. The van der Waals surface area contributed by atoms with Crippen molar-refractivity contribution in [3.63, 3.8) is 0 Å². The van der Waals surface area contributed by atoms with Gasteiger partial charge in [0.05, 0.1) is 12.2 Å². The highest BCUT2D eigenvalue weighted by Crippen LogP contribution is 2.18. The van der Waals surface area contributed by atoms with Crippen LogP contribution in [0.1, 0.15) is 42.7 Å². The zero-order valence-corrected chi connectivity index (χ0v) is 11.3. The molecule has 1 atom stereocenters. The molecule has 19 heavy (non-hydrogen) atoms. The van der Waals surface area contributed by atoms with Crippen LogP contribution >= 0.6 is 0 Å². The summed E-state index contributed by atoms with van der Waals surface area (Å²) in [6.45, 7) is 5.00. The lowest BCUT2D eigenvalue weighted by molar-refractivity contribution is 0.0131. The first-order valence-corrected chi connectivity index (χ1v) is 6.07. The Kier molecular flexibility index (Phi) is 4.85. The molecule has 0 spiro atoms. The molecule has 1 aromatic rings. The van der Waals surface area contributed by atoms with Gasteiger partial charge < -0.3 is 20.6 Å². The summed E-state index contributed by atoms with van der Waals surface area (Å²) in [6.07, 6.45) is 0. The monoisotopic (exact) mass is 268 g/mol. The highest BCUT2D eigenvalue weighted by molar-refractivity contribution is 5.88. The topological polar surface area (TPSA) is 103 Å². The summed E-state index contributed by atoms with van der Waals surface area (Å²) < 4.78 is 0. The van der Waals surface area contributed by atoms with Crippen molar-refractivity contribution in [3.8, 4) is 0 Å². The first-order chi connectivity index (χ1) is 8.75. The van der Waals surface area contributed by atoms with Crippen molar-refractivity contribution in [3.05, 3.63) is 23.4 Å². The molecule has 0 aliphatic rings. The number of carboxylic acids is 1. The highest BCUT2D eigenvalue weighted by Gasteiger charge is 2.19. The fraction of sp³-hybridized carbons (Fsp3) is 0.538. The van der Waals surface area contributed by atoms with Crippen LogP contribution in [0.25, 0.3) is 0 Å². The minimum atomic E-state index is -1.28. The summed E-state index contributed by atoms with van der Waals surface area (Å²) in [5.74, 6) is -0.559. The van der Waals surface area contributed by atoms with Gasteiger partial charge in [-0.3, -0.25) is 0 Å². The molecule has 4 N–H and O–H groups in total. The van der Waals surface area contributed by atoms with Gasteiger partial charge >= 0.3 is 5.97 Å². The number of aliphatic hydroxyl groups excluding tert-OH is 1. The Labute approximate surface area is 112 Å². The van der Waals surface area contributed by atoms with Crippen molar-refractivity contribution in [1.29, 1.82) is 0 Å². The molecule has 0 amide bonds. The third-order valence-electron chi connectivity index (χ3n) is 2.67. The number of aliphatic hydroxyl groups is 2. The number of anilines is 1. The Bertz CT molecular complexity index is 458. The van der Waals surface area contributed by atoms with Gasteiger partial charge in [-0.2, -0.15) is 0 Å². The smallest absolute Gasteiger partial charge is 0.335 e. The van der Waals surface area contributed by atoms with E-state index in [2.05, 4.69) is 10.3 Å². The van der Waals surface area contributed by atoms with E-state index < -0.39 is 18.2 Å². The van der Waals surface area contributed by atoms with Crippen LogP contribution in [0.3, 0.4) is 0 Å². The molecular formula is C13H20N2O4. The highest BCUT2D eigenvalue weighted by atomic mass is 16.4. The maximum Gasteiger partial charge on any atom is 0.335 e. The molecule has 0 saturated carbocycles. The number of carbonyl (C=O) groups is 1. The molecule has 6 nitrogen and oxygen atoms in total. The molecule has 0 aromatic carbocycles. The van der Waals surface area contributed by atoms with Gasteiger partial charge in [0.15, 0.2) is 0 Å². The van der Waals surface area contributed by atoms with Crippen molar-refractivity contribution in [2.24, 2.45) is 0 Å². The Balaban J connectivity index is 2.97. The third kappa shape index (κ3) is 4.50. The van der Waals surface area contributed by atoms with E-state index in [1.807, 2.05) is 13.8 Å². The largest absolute Gasteiger partial charge is 0.478 e. The number of rotatable bonds is 6. The standard InChI is InChI=1S/C13H20N2O4/c1-8(2)10-4-9(12(17)18)5-11(15-10)14-6-13(3,19)7-16/h4-5,8,16,19H,6-7H2,1-3H3,(H,14,15)(H,17,18). The molecule has 0 fully saturated rings. The quantitative estimate of drug-likeness (QED) is 0.615. The van der Waals surface area contributed by atoms with E-state index in [0.717, 1.165) is 0 Å². The predicted molar refractivity (Wildman–Crippen MR) is 71.5 cm³/mol. The second-order valence-electron chi connectivity index (χ2n) is 5.13. The van der Waals surface area contributed by atoms with Gasteiger partial charge in [0.2, 0.25) is 0 Å². The molecule has 0 aliphatic carbocycles. The van der Waals surface area contributed by atoms with E-state index >= 15 is 0 Å². The SMILES string of the molecule is CC(C)c1cc(C(=O)O)cc(NCC(C)(O)CO)n1. The van der Waals surface area contributed by atoms with Crippen molar-refractivity contribution >= 4 is 11.8 Å². The van der Waals surface area contributed by atoms with E-state index in [-0.39, 0.29) is 18.0 Å². The minimum absolute atomic E-state index is 0.0805. The lowest BCUT2D eigenvalue weighted by atomic mass is 10.1. The number of pyridine rings is 1. The Morgan fingerprint density at radius 1 is 1.47 bits per heavy atom. The van der Waals surface area contributed by atoms with E-state index in [1.165, 1.54) is 19.1 Å². The van der Waals surface area contributed by atoms with Gasteiger partial charge in [-0.25, -0.2) is 9.78 Å². The fourth-order valence-corrected chi connectivity index (χ4v) is 1.40. The minimum Gasteiger partial charge on any atom is -0.478 e. The molecule has 1 heterocycles. The number of hydrogen-bond acceptors (Lipinski definition) is 5. The van der Waals surface area contributed by atoms with Gasteiger partial charge in [-0.05, 0) is 25.0 Å². The van der Waals surface area contributed by atoms with Crippen LogP contribution in [0, 0.1) is 0 Å². The van der Waals surface area contributed by atoms with Crippen LogP contribution in [-0.2, 0) is 0 Å². The van der Waals surface area contributed by atoms with Gasteiger partial charge in [-0.1, -0.05) is 13.8 Å². The van der Waals surface area contributed by atoms with Gasteiger partial charge in [0.25, 0.3) is 0 Å². The Morgan fingerprint density at radius 3 is 2.58 bits per heavy atom. The molecule has 0 radical (unpaired) electrons. The summed E-state index contributed by atoms with van der Waals surface area (Å²) in [5.41, 5.74) is -0.477. The van der Waals surface area contributed by atoms with Crippen molar-refractivity contribution in [1.82, 2.24) is 4.98 Å². The third-order valence-corrected chi connectivity index (χ3v) is 2.67. The van der Waals surface area contributed by atoms with Gasteiger partial charge in [0, 0.05) is 12.2 Å². The number of carboxylic acid groups (broad SMARTS) is 1. The number of aromatic carboxylic acids is 1. The molecule has 1 aromatic heterocycles. The summed E-state index contributed by atoms with van der Waals surface area (Å²) in [5, 5.41) is 30.5. The molecule has 6 heteroatoms. The number of nitrogens with one attached hydrogen (secondary N) is 1. The van der Waals surface area contributed by atoms with Crippen LogP contribution in [0.2, 0.25) is 0 Å². The summed E-state index contributed by atoms with van der Waals surface area (Å²) in [7, 11) is 0. The normalized spacial score (nSPS) is 14.2. The Morgan fingerprint density at radius 2 is 2.11 bits per heavy atom. The molecular weight excluding hydrogens is 248 g/mol. The molecule has 1 unspecified atom stereocenters. The molecule has 0 saturated heterocycles. The lowest BCUT2D eigenvalue weighted by Crippen LogP contribution is -2.37. The van der Waals surface area contributed by atoms with E-state index in [9.17, 15) is 9.90 Å². The second kappa shape index (κ2) is 5.99. The second-order valence-corrected chi connectivity index (χ2v) is 5.13. The molecule has 106 valence electrons. The van der Waals surface area contributed by atoms with E-state index in [0.29, 0.717) is 11.5 Å². The summed E-state index contributed by atoms with van der Waals surface area (Å²) in [6, 6.07) is 2.93. The first-order valence-electron chi connectivity index (χ1n) is 6.07. The lowest BCUT2D eigenvalue weighted by Gasteiger charge is -2.21. The molecule has 0 bridgehead atoms. The van der Waals surface area contributed by atoms with Crippen LogP contribution in [-0.4, -0.2) is 45.0 Å². The number of nitrogens with zero attached hydrogens (tertiary/aromatic N) is 1. The maximum absolute atomic E-state index is 11.0. The van der Waals surface area contributed by atoms with Crippen LogP contribution in [0.4, 0.5) is 5.82 Å². The Hall–Kier alpha value is -1.66. The maximum atomic E-state index is 11.0. The average molecular weight is 268 g/mol. The fourth-order valence-electron chi connectivity index (χ4n) is 1.40.